The number of carbonyl (C=O) groups is 1. The number of aliphatic imine (C=N–C) groups is 1. The lowest BCUT2D eigenvalue weighted by Gasteiger charge is -2.10. The number of halogens is 1. The molecule has 164 valence electrons. The Labute approximate surface area is 182 Å². The zero-order valence-electron chi connectivity index (χ0n) is 18.0. The van der Waals surface area contributed by atoms with E-state index >= 15 is 0 Å². The number of benzene rings is 1. The molecule has 1 aromatic rings. The minimum atomic E-state index is -0.788. The maximum absolute atomic E-state index is 12.2. The zero-order valence-corrected chi connectivity index (χ0v) is 18.8. The average Bonchev–Trinajstić information content (AvgIpc) is 2.73. The van der Waals surface area contributed by atoms with E-state index in [0.717, 1.165) is 18.4 Å². The lowest BCUT2D eigenvalue weighted by molar-refractivity contribution is -0.123. The van der Waals surface area contributed by atoms with E-state index in [2.05, 4.69) is 17.2 Å². The third kappa shape index (κ3) is 12.7. The molecule has 0 aromatic heterocycles. The van der Waals surface area contributed by atoms with E-state index in [1.165, 1.54) is 64.2 Å². The third-order valence-electron chi connectivity index (χ3n) is 5.10. The summed E-state index contributed by atoms with van der Waals surface area (Å²) in [5.74, 6) is -0.237. The number of rotatable bonds is 17. The Balaban J connectivity index is 2.05. The molecule has 0 fully saturated rings. The lowest BCUT2D eigenvalue weighted by atomic mass is 10.1. The monoisotopic (exact) mass is 422 g/mol. The highest BCUT2D eigenvalue weighted by Gasteiger charge is 2.14. The summed E-state index contributed by atoms with van der Waals surface area (Å²) in [5, 5.41) is 12.9. The molecule has 0 radical (unpaired) electrons. The number of aliphatic hydroxyl groups is 1. The highest BCUT2D eigenvalue weighted by atomic mass is 35.5. The molecule has 0 heterocycles. The minimum absolute atomic E-state index is 0.237. The molecular formula is C24H39ClN2O2. The molecule has 0 aliphatic rings. The summed E-state index contributed by atoms with van der Waals surface area (Å²) in [6.45, 7) is 2.58. The van der Waals surface area contributed by atoms with Crippen LogP contribution in [0.15, 0.2) is 29.3 Å². The topological polar surface area (TPSA) is 61.7 Å². The highest BCUT2D eigenvalue weighted by Crippen LogP contribution is 2.13. The molecule has 0 spiro atoms. The molecule has 2 N–H and O–H groups in total. The molecule has 4 nitrogen and oxygen atoms in total. The first kappa shape index (κ1) is 25.6. The zero-order chi connectivity index (χ0) is 21.2. The first-order valence-electron chi connectivity index (χ1n) is 11.3. The van der Waals surface area contributed by atoms with Crippen molar-refractivity contribution in [2.45, 2.75) is 90.0 Å². The molecule has 0 saturated carbocycles. The van der Waals surface area contributed by atoms with Gasteiger partial charge >= 0.3 is 0 Å². The lowest BCUT2D eigenvalue weighted by Crippen LogP contribution is -2.36. The second-order valence-electron chi connectivity index (χ2n) is 7.68. The van der Waals surface area contributed by atoms with Gasteiger partial charge in [-0.3, -0.25) is 9.79 Å². The van der Waals surface area contributed by atoms with Gasteiger partial charge in [-0.15, -0.1) is 0 Å². The molecule has 1 aromatic carbocycles. The standard InChI is InChI=1S/C24H39ClN2O2/c1-2-3-4-5-6-7-8-9-10-11-12-15-18-26-24(29)23(20-28)27-19-21-16-13-14-17-22(21)25/h13-14,16-17,19,23,28H,2-12,15,18,20H2,1H3,(H,26,29). The Bertz CT molecular complexity index is 578. The predicted molar refractivity (Wildman–Crippen MR) is 124 cm³/mol. The molecule has 0 bridgehead atoms. The maximum atomic E-state index is 12.2. The number of hydrogen-bond donors (Lipinski definition) is 2. The largest absolute Gasteiger partial charge is 0.394 e. The van der Waals surface area contributed by atoms with Gasteiger partial charge in [-0.25, -0.2) is 0 Å². The molecule has 0 aliphatic carbocycles. The first-order chi connectivity index (χ1) is 14.2. The van der Waals surface area contributed by atoms with Gasteiger partial charge in [0.15, 0.2) is 6.04 Å². The molecule has 1 atom stereocenters. The number of unbranched alkanes of at least 4 members (excludes halogenated alkanes) is 11. The fraction of sp³-hybridized carbons (Fsp3) is 0.667. The molecule has 0 aliphatic heterocycles. The van der Waals surface area contributed by atoms with Crippen LogP contribution in [-0.2, 0) is 4.79 Å². The van der Waals surface area contributed by atoms with Gasteiger partial charge in [0.1, 0.15) is 0 Å². The Kier molecular flexibility index (Phi) is 15.4. The van der Waals surface area contributed by atoms with Crippen molar-refractivity contribution in [2.75, 3.05) is 13.2 Å². The third-order valence-corrected chi connectivity index (χ3v) is 5.45. The quantitative estimate of drug-likeness (QED) is 0.241. The van der Waals surface area contributed by atoms with Crippen LogP contribution in [0.2, 0.25) is 5.02 Å². The number of aliphatic hydroxyl groups excluding tert-OH is 1. The summed E-state index contributed by atoms with van der Waals surface area (Å²) in [7, 11) is 0. The minimum Gasteiger partial charge on any atom is -0.394 e. The van der Waals surface area contributed by atoms with Gasteiger partial charge in [0.2, 0.25) is 5.91 Å². The van der Waals surface area contributed by atoms with Crippen LogP contribution in [-0.4, -0.2) is 36.4 Å². The fourth-order valence-corrected chi connectivity index (χ4v) is 3.43. The molecule has 1 amide bonds. The average molecular weight is 423 g/mol. The second kappa shape index (κ2) is 17.5. The molecule has 1 unspecified atom stereocenters. The number of hydrogen-bond acceptors (Lipinski definition) is 3. The maximum Gasteiger partial charge on any atom is 0.247 e. The summed E-state index contributed by atoms with van der Waals surface area (Å²) in [5.41, 5.74) is 0.737. The van der Waals surface area contributed by atoms with Crippen LogP contribution in [0.4, 0.5) is 0 Å². The van der Waals surface area contributed by atoms with Crippen LogP contribution in [0.3, 0.4) is 0 Å². The summed E-state index contributed by atoms with van der Waals surface area (Å²) in [6, 6.07) is 6.50. The van der Waals surface area contributed by atoms with Gasteiger partial charge < -0.3 is 10.4 Å². The number of nitrogens with one attached hydrogen (secondary N) is 1. The number of carbonyl (C=O) groups excluding carboxylic acids is 1. The summed E-state index contributed by atoms with van der Waals surface area (Å²) in [4.78, 5) is 16.3. The summed E-state index contributed by atoms with van der Waals surface area (Å²) < 4.78 is 0. The van der Waals surface area contributed by atoms with Crippen molar-refractivity contribution < 1.29 is 9.90 Å². The number of nitrogens with zero attached hydrogens (tertiary/aromatic N) is 1. The van der Waals surface area contributed by atoms with Crippen molar-refractivity contribution >= 4 is 23.7 Å². The van der Waals surface area contributed by atoms with Crippen molar-refractivity contribution in [3.05, 3.63) is 34.9 Å². The van der Waals surface area contributed by atoms with E-state index in [0.29, 0.717) is 11.6 Å². The molecular weight excluding hydrogens is 384 g/mol. The van der Waals surface area contributed by atoms with Gasteiger partial charge in [0.25, 0.3) is 0 Å². The molecule has 1 rings (SSSR count). The molecule has 29 heavy (non-hydrogen) atoms. The van der Waals surface area contributed by atoms with E-state index in [1.807, 2.05) is 18.2 Å². The van der Waals surface area contributed by atoms with Crippen LogP contribution in [0.25, 0.3) is 0 Å². The van der Waals surface area contributed by atoms with Gasteiger partial charge in [-0.1, -0.05) is 107 Å². The predicted octanol–water partition coefficient (Wildman–Crippen LogP) is 5.94. The smallest absolute Gasteiger partial charge is 0.247 e. The van der Waals surface area contributed by atoms with Gasteiger partial charge in [0, 0.05) is 23.3 Å². The Morgan fingerprint density at radius 3 is 2.10 bits per heavy atom. The Morgan fingerprint density at radius 2 is 1.55 bits per heavy atom. The Morgan fingerprint density at radius 1 is 1.00 bits per heavy atom. The van der Waals surface area contributed by atoms with Crippen molar-refractivity contribution in [1.29, 1.82) is 0 Å². The van der Waals surface area contributed by atoms with Crippen LogP contribution < -0.4 is 5.32 Å². The van der Waals surface area contributed by atoms with Crippen molar-refractivity contribution in [2.24, 2.45) is 4.99 Å². The van der Waals surface area contributed by atoms with Gasteiger partial charge in [-0.2, -0.15) is 0 Å². The van der Waals surface area contributed by atoms with Gasteiger partial charge in [-0.05, 0) is 12.5 Å². The van der Waals surface area contributed by atoms with E-state index in [9.17, 15) is 9.90 Å². The van der Waals surface area contributed by atoms with Crippen molar-refractivity contribution in [1.82, 2.24) is 5.32 Å². The Hall–Kier alpha value is -1.39. The van der Waals surface area contributed by atoms with Gasteiger partial charge in [0.05, 0.1) is 6.61 Å². The van der Waals surface area contributed by atoms with E-state index in [-0.39, 0.29) is 12.5 Å². The summed E-state index contributed by atoms with van der Waals surface area (Å²) in [6.07, 6.45) is 17.1. The highest BCUT2D eigenvalue weighted by molar-refractivity contribution is 6.33. The molecule has 0 saturated heterocycles. The van der Waals surface area contributed by atoms with Crippen molar-refractivity contribution in [3.63, 3.8) is 0 Å². The summed E-state index contributed by atoms with van der Waals surface area (Å²) >= 11 is 6.07. The number of amides is 1. The van der Waals surface area contributed by atoms with Crippen LogP contribution in [0, 0.1) is 0 Å². The first-order valence-corrected chi connectivity index (χ1v) is 11.7. The fourth-order valence-electron chi connectivity index (χ4n) is 3.24. The van der Waals surface area contributed by atoms with Crippen molar-refractivity contribution in [3.8, 4) is 0 Å². The van der Waals surface area contributed by atoms with E-state index in [4.69, 9.17) is 11.6 Å². The van der Waals surface area contributed by atoms with E-state index < -0.39 is 6.04 Å². The second-order valence-corrected chi connectivity index (χ2v) is 8.09. The van der Waals surface area contributed by atoms with Crippen LogP contribution in [0.1, 0.15) is 89.5 Å². The van der Waals surface area contributed by atoms with Crippen LogP contribution >= 0.6 is 11.6 Å². The molecule has 5 heteroatoms. The normalized spacial score (nSPS) is 12.4. The SMILES string of the molecule is CCCCCCCCCCCCCCNC(=O)C(CO)N=Cc1ccccc1Cl. The van der Waals surface area contributed by atoms with Crippen LogP contribution in [0.5, 0.6) is 0 Å². The van der Waals surface area contributed by atoms with E-state index in [1.54, 1.807) is 12.3 Å².